The van der Waals surface area contributed by atoms with Crippen molar-refractivity contribution in [1.29, 1.82) is 0 Å². The molecule has 0 spiro atoms. The molecule has 0 radical (unpaired) electrons. The lowest BCUT2D eigenvalue weighted by Crippen LogP contribution is -2.15. The molecule has 0 bridgehead atoms. The van der Waals surface area contributed by atoms with Gasteiger partial charge in [-0.3, -0.25) is 0 Å². The minimum atomic E-state index is -1.51. The Morgan fingerprint density at radius 2 is 2.20 bits per heavy atom. The molecule has 1 aromatic rings. The molecule has 1 aromatic carbocycles. The molecule has 1 N–H and O–H groups in total. The molecule has 1 unspecified atom stereocenters. The van der Waals surface area contributed by atoms with Crippen molar-refractivity contribution in [2.45, 2.75) is 13.0 Å². The molecule has 0 heterocycles. The number of benzene rings is 1. The van der Waals surface area contributed by atoms with Crippen LogP contribution in [-0.2, 0) is 9.53 Å². The molecular weight excluding hydrogens is 223 g/mol. The van der Waals surface area contributed by atoms with Crippen molar-refractivity contribution in [3.8, 4) is 0 Å². The number of hydrogen-bond acceptors (Lipinski definition) is 3. The monoisotopic (exact) mass is 232 g/mol. The van der Waals surface area contributed by atoms with Gasteiger partial charge in [-0.1, -0.05) is 11.6 Å². The van der Waals surface area contributed by atoms with Crippen molar-refractivity contribution in [2.75, 3.05) is 7.11 Å². The molecule has 0 aliphatic heterocycles. The Kier molecular flexibility index (Phi) is 3.66. The number of aliphatic hydroxyl groups excluding tert-OH is 1. The number of rotatable bonds is 2. The maximum absolute atomic E-state index is 13.0. The Morgan fingerprint density at radius 3 is 2.73 bits per heavy atom. The van der Waals surface area contributed by atoms with Crippen molar-refractivity contribution in [3.63, 3.8) is 0 Å². The number of ether oxygens (including phenoxy) is 1. The first kappa shape index (κ1) is 11.9. The molecule has 1 rings (SSSR count). The summed E-state index contributed by atoms with van der Waals surface area (Å²) in [6.45, 7) is 1.59. The molecule has 3 nitrogen and oxygen atoms in total. The molecule has 0 saturated heterocycles. The van der Waals surface area contributed by atoms with Crippen molar-refractivity contribution >= 4 is 17.6 Å². The van der Waals surface area contributed by atoms with Gasteiger partial charge in [-0.25, -0.2) is 9.18 Å². The zero-order valence-electron chi connectivity index (χ0n) is 8.25. The van der Waals surface area contributed by atoms with E-state index in [-0.39, 0.29) is 10.6 Å². The molecule has 0 aliphatic carbocycles. The van der Waals surface area contributed by atoms with Gasteiger partial charge in [0.05, 0.1) is 7.11 Å². The summed E-state index contributed by atoms with van der Waals surface area (Å²) in [6, 6.07) is 2.17. The predicted molar refractivity (Wildman–Crippen MR) is 53.1 cm³/mol. The topological polar surface area (TPSA) is 46.5 Å². The number of esters is 1. The van der Waals surface area contributed by atoms with Crippen LogP contribution in [0, 0.1) is 12.7 Å². The van der Waals surface area contributed by atoms with Crippen LogP contribution in [0.4, 0.5) is 4.39 Å². The molecule has 0 amide bonds. The molecule has 15 heavy (non-hydrogen) atoms. The lowest BCUT2D eigenvalue weighted by molar-refractivity contribution is -0.150. The van der Waals surface area contributed by atoms with E-state index < -0.39 is 17.9 Å². The highest BCUT2D eigenvalue weighted by Gasteiger charge is 2.21. The minimum absolute atomic E-state index is 0.117. The van der Waals surface area contributed by atoms with Gasteiger partial charge < -0.3 is 9.84 Å². The fourth-order valence-electron chi connectivity index (χ4n) is 1.19. The van der Waals surface area contributed by atoms with Gasteiger partial charge in [0.2, 0.25) is 0 Å². The summed E-state index contributed by atoms with van der Waals surface area (Å²) in [5.74, 6) is -1.46. The van der Waals surface area contributed by atoms with Crippen molar-refractivity contribution in [1.82, 2.24) is 0 Å². The van der Waals surface area contributed by atoms with Crippen LogP contribution in [-0.4, -0.2) is 18.2 Å². The van der Waals surface area contributed by atoms with Crippen molar-refractivity contribution < 1.29 is 19.0 Å². The summed E-state index contributed by atoms with van der Waals surface area (Å²) in [6.07, 6.45) is -1.51. The quantitative estimate of drug-likeness (QED) is 0.794. The van der Waals surface area contributed by atoms with E-state index in [0.29, 0.717) is 5.56 Å². The molecule has 1 atom stereocenters. The summed E-state index contributed by atoms with van der Waals surface area (Å²) >= 11 is 5.71. The van der Waals surface area contributed by atoms with Gasteiger partial charge in [0.15, 0.2) is 6.10 Å². The van der Waals surface area contributed by atoms with Crippen LogP contribution in [0.1, 0.15) is 17.2 Å². The van der Waals surface area contributed by atoms with Gasteiger partial charge in [0.1, 0.15) is 5.82 Å². The Morgan fingerprint density at radius 1 is 1.60 bits per heavy atom. The van der Waals surface area contributed by atoms with Crippen LogP contribution < -0.4 is 0 Å². The summed E-state index contributed by atoms with van der Waals surface area (Å²) in [4.78, 5) is 11.0. The highest BCUT2D eigenvalue weighted by molar-refractivity contribution is 6.31. The van der Waals surface area contributed by atoms with E-state index in [1.54, 1.807) is 6.92 Å². The molecule has 5 heteroatoms. The second-order valence-electron chi connectivity index (χ2n) is 3.03. The van der Waals surface area contributed by atoms with E-state index in [0.717, 1.165) is 19.2 Å². The Labute approximate surface area is 91.4 Å². The van der Waals surface area contributed by atoms with Crippen LogP contribution in [0.5, 0.6) is 0 Å². The maximum Gasteiger partial charge on any atom is 0.339 e. The van der Waals surface area contributed by atoms with Gasteiger partial charge >= 0.3 is 5.97 Å². The second kappa shape index (κ2) is 4.59. The highest BCUT2D eigenvalue weighted by atomic mass is 35.5. The van der Waals surface area contributed by atoms with Gasteiger partial charge in [0, 0.05) is 5.02 Å². The van der Waals surface area contributed by atoms with Gasteiger partial charge in [-0.05, 0) is 30.2 Å². The fraction of sp³-hybridized carbons (Fsp3) is 0.300. The summed E-state index contributed by atoms with van der Waals surface area (Å²) in [5.41, 5.74) is 0.572. The molecule has 0 aromatic heterocycles. The van der Waals surface area contributed by atoms with E-state index in [4.69, 9.17) is 11.6 Å². The molecule has 0 fully saturated rings. The summed E-state index contributed by atoms with van der Waals surface area (Å²) in [5, 5.41) is 9.68. The van der Waals surface area contributed by atoms with E-state index in [2.05, 4.69) is 4.74 Å². The normalized spacial score (nSPS) is 12.3. The molecular formula is C10H10ClFO3. The van der Waals surface area contributed by atoms with Crippen LogP contribution in [0.3, 0.4) is 0 Å². The lowest BCUT2D eigenvalue weighted by atomic mass is 10.0. The van der Waals surface area contributed by atoms with E-state index >= 15 is 0 Å². The number of carbonyl (C=O) groups excluding carboxylic acids is 1. The van der Waals surface area contributed by atoms with Gasteiger partial charge in [-0.2, -0.15) is 0 Å². The third kappa shape index (κ3) is 2.46. The number of halogens is 2. The SMILES string of the molecule is COC(=O)C(O)c1cc(F)cc(Cl)c1C. The van der Waals surface area contributed by atoms with Crippen molar-refractivity contribution in [3.05, 3.63) is 34.1 Å². The second-order valence-corrected chi connectivity index (χ2v) is 3.43. The average Bonchev–Trinajstić information content (AvgIpc) is 2.21. The smallest absolute Gasteiger partial charge is 0.339 e. The van der Waals surface area contributed by atoms with E-state index in [1.165, 1.54) is 0 Å². The Hall–Kier alpha value is -1.13. The average molecular weight is 233 g/mol. The van der Waals surface area contributed by atoms with Crippen LogP contribution in [0.2, 0.25) is 5.02 Å². The molecule has 82 valence electrons. The van der Waals surface area contributed by atoms with Crippen LogP contribution in [0.15, 0.2) is 12.1 Å². The Bertz CT molecular complexity index is 392. The molecule has 0 saturated carbocycles. The number of aliphatic hydroxyl groups is 1. The Balaban J connectivity index is 3.19. The maximum atomic E-state index is 13.0. The number of hydrogen-bond donors (Lipinski definition) is 1. The third-order valence-corrected chi connectivity index (χ3v) is 2.46. The standard InChI is InChI=1S/C10H10ClFO3/c1-5-7(9(13)10(14)15-2)3-6(12)4-8(5)11/h3-4,9,13H,1-2H3. The minimum Gasteiger partial charge on any atom is -0.467 e. The van der Waals surface area contributed by atoms with E-state index in [9.17, 15) is 14.3 Å². The first-order valence-electron chi connectivity index (χ1n) is 4.18. The van der Waals surface area contributed by atoms with Crippen LogP contribution in [0.25, 0.3) is 0 Å². The van der Waals surface area contributed by atoms with Crippen LogP contribution >= 0.6 is 11.6 Å². The van der Waals surface area contributed by atoms with Gasteiger partial charge in [0.25, 0.3) is 0 Å². The van der Waals surface area contributed by atoms with E-state index in [1.807, 2.05) is 0 Å². The number of carbonyl (C=O) groups is 1. The fourth-order valence-corrected chi connectivity index (χ4v) is 1.40. The zero-order chi connectivity index (χ0) is 11.6. The first-order valence-corrected chi connectivity index (χ1v) is 4.56. The van der Waals surface area contributed by atoms with Gasteiger partial charge in [-0.15, -0.1) is 0 Å². The lowest BCUT2D eigenvalue weighted by Gasteiger charge is -2.12. The third-order valence-electron chi connectivity index (χ3n) is 2.07. The summed E-state index contributed by atoms with van der Waals surface area (Å²) < 4.78 is 17.3. The summed E-state index contributed by atoms with van der Waals surface area (Å²) in [7, 11) is 1.14. The highest BCUT2D eigenvalue weighted by Crippen LogP contribution is 2.26. The zero-order valence-corrected chi connectivity index (χ0v) is 9.01. The molecule has 0 aliphatic rings. The largest absolute Gasteiger partial charge is 0.467 e. The van der Waals surface area contributed by atoms with Crippen molar-refractivity contribution in [2.24, 2.45) is 0 Å². The predicted octanol–water partition coefficient (Wildman–Crippen LogP) is 1.99. The number of methoxy groups -OCH3 is 1. The first-order chi connectivity index (χ1) is 6.97.